The summed E-state index contributed by atoms with van der Waals surface area (Å²) in [7, 11) is -3.08. The molecule has 5 nitrogen and oxygen atoms in total. The molecule has 8 heteroatoms. The Bertz CT molecular complexity index is 748. The van der Waals surface area contributed by atoms with Gasteiger partial charge in [0.1, 0.15) is 9.84 Å². The average molecular weight is 306 g/mol. The maximum atomic E-state index is 11.3. The number of H-pyrrole nitrogens is 1. The highest BCUT2D eigenvalue weighted by Crippen LogP contribution is 2.20. The van der Waals surface area contributed by atoms with Gasteiger partial charge in [-0.15, -0.1) is 0 Å². The van der Waals surface area contributed by atoms with Gasteiger partial charge in [0.25, 0.3) is 0 Å². The third-order valence-electron chi connectivity index (χ3n) is 2.51. The summed E-state index contributed by atoms with van der Waals surface area (Å²) in [5.74, 6) is 0.0125. The van der Waals surface area contributed by atoms with Gasteiger partial charge in [0.15, 0.2) is 10.4 Å². The van der Waals surface area contributed by atoms with Crippen LogP contribution in [0.25, 0.3) is 11.2 Å². The molecule has 0 aromatic carbocycles. The number of rotatable bonds is 3. The number of sulfone groups is 1. The summed E-state index contributed by atoms with van der Waals surface area (Å²) < 4.78 is 24.8. The molecule has 18 heavy (non-hydrogen) atoms. The Morgan fingerprint density at radius 3 is 2.89 bits per heavy atom. The molecule has 0 bridgehead atoms. The number of hydrogen-bond donors (Lipinski definition) is 1. The minimum Gasteiger partial charge on any atom is -0.329 e. The minimum absolute atomic E-state index is 0.0125. The summed E-state index contributed by atoms with van der Waals surface area (Å²) in [6.07, 6.45) is 2.71. The van der Waals surface area contributed by atoms with Gasteiger partial charge in [-0.25, -0.2) is 13.4 Å². The highest BCUT2D eigenvalue weighted by Gasteiger charge is 2.16. The second-order valence-corrected chi connectivity index (χ2v) is 7.27. The summed E-state index contributed by atoms with van der Waals surface area (Å²) in [5.41, 5.74) is 1.31. The molecule has 0 fully saturated rings. The van der Waals surface area contributed by atoms with Gasteiger partial charge in [0.05, 0.1) is 16.3 Å². The van der Waals surface area contributed by atoms with Crippen LogP contribution in [0.15, 0.2) is 12.3 Å². The van der Waals surface area contributed by atoms with Crippen molar-refractivity contribution in [2.75, 3.05) is 12.0 Å². The summed E-state index contributed by atoms with van der Waals surface area (Å²) >= 11 is 11.0. The van der Waals surface area contributed by atoms with E-state index in [0.717, 1.165) is 0 Å². The number of aromatic nitrogens is 3. The average Bonchev–Trinajstić information content (AvgIpc) is 2.50. The molecule has 2 aromatic heterocycles. The normalized spacial score (nSPS) is 13.9. The van der Waals surface area contributed by atoms with Gasteiger partial charge in [-0.3, -0.25) is 4.57 Å². The number of hydrogen-bond acceptors (Lipinski definition) is 4. The van der Waals surface area contributed by atoms with Crippen molar-refractivity contribution in [1.29, 1.82) is 0 Å². The van der Waals surface area contributed by atoms with Gasteiger partial charge in [0.2, 0.25) is 0 Å². The molecule has 0 saturated heterocycles. The summed E-state index contributed by atoms with van der Waals surface area (Å²) in [5, 5.41) is 0.502. The molecule has 2 aromatic rings. The molecular formula is C10H12ClN3O2S2. The Morgan fingerprint density at radius 2 is 2.28 bits per heavy atom. The monoisotopic (exact) mass is 305 g/mol. The van der Waals surface area contributed by atoms with E-state index in [-0.39, 0.29) is 11.8 Å². The fraction of sp³-hybridized carbons (Fsp3) is 0.400. The van der Waals surface area contributed by atoms with Crippen molar-refractivity contribution in [3.8, 4) is 0 Å². The van der Waals surface area contributed by atoms with Crippen LogP contribution in [-0.4, -0.2) is 35.0 Å². The van der Waals surface area contributed by atoms with Crippen molar-refractivity contribution in [3.63, 3.8) is 0 Å². The Balaban J connectivity index is 2.57. The van der Waals surface area contributed by atoms with Crippen LogP contribution in [0.1, 0.15) is 13.0 Å². The van der Waals surface area contributed by atoms with E-state index < -0.39 is 9.84 Å². The van der Waals surface area contributed by atoms with Crippen molar-refractivity contribution in [1.82, 2.24) is 14.5 Å². The van der Waals surface area contributed by atoms with Crippen molar-refractivity contribution in [2.45, 2.75) is 13.0 Å². The zero-order valence-electron chi connectivity index (χ0n) is 9.84. The number of nitrogens with one attached hydrogen (secondary N) is 1. The number of halogens is 1. The van der Waals surface area contributed by atoms with Crippen LogP contribution in [0.5, 0.6) is 0 Å². The molecule has 1 N–H and O–H groups in total. The van der Waals surface area contributed by atoms with Crippen LogP contribution >= 0.6 is 23.8 Å². The molecule has 0 spiro atoms. The first-order chi connectivity index (χ1) is 8.28. The predicted molar refractivity (Wildman–Crippen MR) is 74.3 cm³/mol. The van der Waals surface area contributed by atoms with Crippen molar-refractivity contribution in [3.05, 3.63) is 22.1 Å². The molecule has 0 aliphatic carbocycles. The topological polar surface area (TPSA) is 67.8 Å². The Morgan fingerprint density at radius 1 is 1.61 bits per heavy atom. The van der Waals surface area contributed by atoms with Gasteiger partial charge < -0.3 is 4.98 Å². The minimum atomic E-state index is -3.08. The Labute approximate surface area is 115 Å². The fourth-order valence-corrected chi connectivity index (χ4v) is 3.47. The van der Waals surface area contributed by atoms with Crippen molar-refractivity contribution < 1.29 is 8.42 Å². The van der Waals surface area contributed by atoms with E-state index in [1.54, 1.807) is 17.6 Å². The lowest BCUT2D eigenvalue weighted by molar-refractivity contribution is 0.564. The van der Waals surface area contributed by atoms with E-state index in [1.165, 1.54) is 12.5 Å². The molecule has 0 saturated carbocycles. The second kappa shape index (κ2) is 4.64. The lowest BCUT2D eigenvalue weighted by Crippen LogP contribution is -2.16. The van der Waals surface area contributed by atoms with Crippen LogP contribution in [0.2, 0.25) is 5.02 Å². The highest BCUT2D eigenvalue weighted by atomic mass is 35.5. The lowest BCUT2D eigenvalue weighted by atomic mass is 10.4. The van der Waals surface area contributed by atoms with Crippen LogP contribution < -0.4 is 0 Å². The highest BCUT2D eigenvalue weighted by molar-refractivity contribution is 7.90. The summed E-state index contributed by atoms with van der Waals surface area (Å²) in [6, 6.07) is 1.43. The maximum Gasteiger partial charge on any atom is 0.179 e. The first kappa shape index (κ1) is 13.5. The van der Waals surface area contributed by atoms with Gasteiger partial charge in [-0.1, -0.05) is 11.6 Å². The molecule has 1 atom stereocenters. The zero-order valence-corrected chi connectivity index (χ0v) is 12.2. The molecule has 0 radical (unpaired) electrons. The van der Waals surface area contributed by atoms with E-state index in [2.05, 4.69) is 9.97 Å². The Kier molecular flexibility index (Phi) is 3.48. The van der Waals surface area contributed by atoms with Crippen LogP contribution in [0.3, 0.4) is 0 Å². The number of pyridine rings is 1. The zero-order chi connectivity index (χ0) is 13.5. The van der Waals surface area contributed by atoms with Crippen molar-refractivity contribution >= 4 is 44.8 Å². The maximum absolute atomic E-state index is 11.3. The van der Waals surface area contributed by atoms with E-state index in [4.69, 9.17) is 23.8 Å². The first-order valence-electron chi connectivity index (χ1n) is 5.21. The molecule has 0 aliphatic rings. The Hall–Kier alpha value is -0.920. The number of nitrogens with zero attached hydrogens (tertiary/aromatic N) is 2. The molecule has 0 aliphatic heterocycles. The third kappa shape index (κ3) is 2.73. The number of aromatic amines is 1. The summed E-state index contributed by atoms with van der Waals surface area (Å²) in [6.45, 7) is 1.79. The van der Waals surface area contributed by atoms with Crippen LogP contribution in [0.4, 0.5) is 0 Å². The van der Waals surface area contributed by atoms with E-state index in [1.807, 2.05) is 0 Å². The summed E-state index contributed by atoms with van der Waals surface area (Å²) in [4.78, 5) is 7.16. The van der Waals surface area contributed by atoms with Crippen molar-refractivity contribution in [2.24, 2.45) is 0 Å². The molecular weight excluding hydrogens is 294 g/mol. The van der Waals surface area contributed by atoms with Gasteiger partial charge >= 0.3 is 0 Å². The van der Waals surface area contributed by atoms with E-state index >= 15 is 0 Å². The number of fused-ring (bicyclic) bond motifs is 1. The van der Waals surface area contributed by atoms with Gasteiger partial charge in [0, 0.05) is 18.5 Å². The fourth-order valence-electron chi connectivity index (χ4n) is 1.91. The van der Waals surface area contributed by atoms with Gasteiger partial charge in [-0.2, -0.15) is 0 Å². The van der Waals surface area contributed by atoms with E-state index in [9.17, 15) is 8.42 Å². The second-order valence-electron chi connectivity index (χ2n) is 4.27. The molecule has 0 amide bonds. The molecule has 1 unspecified atom stereocenters. The largest absolute Gasteiger partial charge is 0.329 e. The number of imidazole rings is 1. The molecule has 2 heterocycles. The van der Waals surface area contributed by atoms with Gasteiger partial charge in [-0.05, 0) is 25.2 Å². The smallest absolute Gasteiger partial charge is 0.179 e. The SMILES string of the molecule is CC(CS(C)(=O)=O)n1c(=S)[nH]c2cc(Cl)cnc21. The van der Waals surface area contributed by atoms with Crippen LogP contribution in [-0.2, 0) is 9.84 Å². The molecule has 98 valence electrons. The first-order valence-corrected chi connectivity index (χ1v) is 8.06. The third-order valence-corrected chi connectivity index (χ3v) is 4.10. The lowest BCUT2D eigenvalue weighted by Gasteiger charge is -2.12. The molecule has 2 rings (SSSR count). The standard InChI is InChI=1S/C10H12ClN3O2S2/c1-6(5-18(2,15)16)14-9-8(13-10(14)17)3-7(11)4-12-9/h3-4,6H,5H2,1-2H3,(H,13,17). The predicted octanol–water partition coefficient (Wildman–Crippen LogP) is 2.35. The van der Waals surface area contributed by atoms with E-state index in [0.29, 0.717) is 21.0 Å². The van der Waals surface area contributed by atoms with Crippen LogP contribution in [0, 0.1) is 4.77 Å². The quantitative estimate of drug-likeness (QED) is 0.884.